The molecule has 0 saturated heterocycles. The van der Waals surface area contributed by atoms with E-state index in [1.807, 2.05) is 57.3 Å². The van der Waals surface area contributed by atoms with Crippen molar-refractivity contribution >= 4 is 28.1 Å². The van der Waals surface area contributed by atoms with Gasteiger partial charge in [-0.05, 0) is 62.2 Å². The maximum absolute atomic E-state index is 12.4. The summed E-state index contributed by atoms with van der Waals surface area (Å²) in [6.45, 7) is 8.13. The van der Waals surface area contributed by atoms with E-state index in [0.29, 0.717) is 11.8 Å². The SMILES string of the molecule is CC.CC(C)(N)C=O.CNCc1ccc2[nH]c(-c3cc4ccccc4[nH]c3=O)cc2c1. The third kappa shape index (κ3) is 6.38. The van der Waals surface area contributed by atoms with Crippen LogP contribution in [0.25, 0.3) is 33.1 Å². The molecular formula is C25H32N4O2. The van der Waals surface area contributed by atoms with Crippen LogP contribution in [0.15, 0.2) is 59.4 Å². The first kappa shape index (κ1) is 24.1. The third-order valence-corrected chi connectivity index (χ3v) is 4.41. The fraction of sp³-hybridized carbons (Fsp3) is 0.280. The lowest BCUT2D eigenvalue weighted by Gasteiger charge is -2.04. The van der Waals surface area contributed by atoms with Crippen LogP contribution < -0.4 is 16.6 Å². The Morgan fingerprint density at radius 2 is 1.61 bits per heavy atom. The highest BCUT2D eigenvalue weighted by molar-refractivity contribution is 5.89. The highest BCUT2D eigenvalue weighted by Crippen LogP contribution is 2.24. The van der Waals surface area contributed by atoms with Crippen LogP contribution in [-0.2, 0) is 11.3 Å². The van der Waals surface area contributed by atoms with E-state index in [9.17, 15) is 9.59 Å². The lowest BCUT2D eigenvalue weighted by Crippen LogP contribution is -2.33. The number of pyridine rings is 1. The van der Waals surface area contributed by atoms with Crippen molar-refractivity contribution in [3.8, 4) is 11.3 Å². The zero-order chi connectivity index (χ0) is 23.0. The van der Waals surface area contributed by atoms with E-state index in [1.54, 1.807) is 13.8 Å². The van der Waals surface area contributed by atoms with Gasteiger partial charge in [0.05, 0.1) is 16.8 Å². The summed E-state index contributed by atoms with van der Waals surface area (Å²) in [5.41, 5.74) is 9.06. The van der Waals surface area contributed by atoms with Crippen LogP contribution in [-0.4, -0.2) is 28.8 Å². The number of nitrogens with one attached hydrogen (secondary N) is 3. The Kier molecular flexibility index (Phi) is 8.30. The molecule has 164 valence electrons. The third-order valence-electron chi connectivity index (χ3n) is 4.41. The molecule has 0 aliphatic rings. The summed E-state index contributed by atoms with van der Waals surface area (Å²) >= 11 is 0. The van der Waals surface area contributed by atoms with Gasteiger partial charge in [-0.3, -0.25) is 4.79 Å². The molecule has 0 bridgehead atoms. The molecule has 0 amide bonds. The number of hydrogen-bond acceptors (Lipinski definition) is 4. The number of aromatic nitrogens is 2. The van der Waals surface area contributed by atoms with Crippen molar-refractivity contribution in [2.45, 2.75) is 39.8 Å². The van der Waals surface area contributed by atoms with Gasteiger partial charge in [0, 0.05) is 23.0 Å². The number of carbonyl (C=O) groups is 1. The number of fused-ring (bicyclic) bond motifs is 2. The van der Waals surface area contributed by atoms with E-state index in [0.717, 1.165) is 34.0 Å². The van der Waals surface area contributed by atoms with Gasteiger partial charge in [-0.25, -0.2) is 0 Å². The highest BCUT2D eigenvalue weighted by Gasteiger charge is 2.09. The molecule has 0 saturated carbocycles. The molecule has 0 spiro atoms. The Morgan fingerprint density at radius 3 is 2.26 bits per heavy atom. The molecule has 6 heteroatoms. The molecule has 5 N–H and O–H groups in total. The summed E-state index contributed by atoms with van der Waals surface area (Å²) in [6.07, 6.45) is 0.715. The highest BCUT2D eigenvalue weighted by atomic mass is 16.1. The molecule has 0 aliphatic heterocycles. The van der Waals surface area contributed by atoms with E-state index in [4.69, 9.17) is 5.73 Å². The van der Waals surface area contributed by atoms with E-state index >= 15 is 0 Å². The van der Waals surface area contributed by atoms with Gasteiger partial charge in [-0.1, -0.05) is 38.1 Å². The summed E-state index contributed by atoms with van der Waals surface area (Å²) in [4.78, 5) is 28.4. The van der Waals surface area contributed by atoms with Crippen LogP contribution >= 0.6 is 0 Å². The molecule has 2 heterocycles. The lowest BCUT2D eigenvalue weighted by atomic mass is 10.1. The average molecular weight is 421 g/mol. The quantitative estimate of drug-likeness (QED) is 0.369. The number of benzene rings is 2. The Labute approximate surface area is 182 Å². The largest absolute Gasteiger partial charge is 0.354 e. The van der Waals surface area contributed by atoms with Crippen LogP contribution in [0.3, 0.4) is 0 Å². The zero-order valence-electron chi connectivity index (χ0n) is 18.9. The predicted molar refractivity (Wildman–Crippen MR) is 130 cm³/mol. The normalized spacial score (nSPS) is 10.8. The van der Waals surface area contributed by atoms with Crippen LogP contribution in [0, 0.1) is 0 Å². The second kappa shape index (κ2) is 10.7. The number of rotatable bonds is 4. The molecule has 0 unspecified atom stereocenters. The van der Waals surface area contributed by atoms with E-state index in [2.05, 4.69) is 33.5 Å². The van der Waals surface area contributed by atoms with Gasteiger partial charge in [-0.15, -0.1) is 0 Å². The molecule has 0 atom stereocenters. The van der Waals surface area contributed by atoms with Crippen molar-refractivity contribution in [2.24, 2.45) is 5.73 Å². The predicted octanol–water partition coefficient (Wildman–Crippen LogP) is 4.34. The number of hydrogen-bond donors (Lipinski definition) is 4. The smallest absolute Gasteiger partial charge is 0.257 e. The van der Waals surface area contributed by atoms with Crippen molar-refractivity contribution < 1.29 is 4.79 Å². The Morgan fingerprint density at radius 1 is 0.968 bits per heavy atom. The Bertz CT molecular complexity index is 1200. The van der Waals surface area contributed by atoms with Crippen LogP contribution in [0.1, 0.15) is 33.3 Å². The molecule has 2 aromatic heterocycles. The fourth-order valence-electron chi connectivity index (χ4n) is 2.99. The van der Waals surface area contributed by atoms with Gasteiger partial charge in [0.15, 0.2) is 0 Å². The summed E-state index contributed by atoms with van der Waals surface area (Å²) in [5.74, 6) is 0. The van der Waals surface area contributed by atoms with Crippen LogP contribution in [0.2, 0.25) is 0 Å². The monoisotopic (exact) mass is 420 g/mol. The van der Waals surface area contributed by atoms with Gasteiger partial charge in [0.1, 0.15) is 6.29 Å². The molecule has 2 aromatic carbocycles. The first-order valence-electron chi connectivity index (χ1n) is 10.4. The lowest BCUT2D eigenvalue weighted by molar-refractivity contribution is -0.111. The average Bonchev–Trinajstić information content (AvgIpc) is 3.18. The maximum atomic E-state index is 12.4. The van der Waals surface area contributed by atoms with E-state index in [-0.39, 0.29) is 5.56 Å². The fourth-order valence-corrected chi connectivity index (χ4v) is 2.99. The van der Waals surface area contributed by atoms with Crippen LogP contribution in [0.4, 0.5) is 0 Å². The minimum Gasteiger partial charge on any atom is -0.354 e. The van der Waals surface area contributed by atoms with Crippen molar-refractivity contribution in [3.05, 3.63) is 70.5 Å². The number of H-pyrrole nitrogens is 2. The minimum absolute atomic E-state index is 0.0781. The standard InChI is InChI=1S/C19H17N3O.C4H9NO.C2H6/c1-20-11-12-6-7-17-14(8-12)10-18(21-17)15-9-13-4-2-3-5-16(13)22-19(15)23;1-4(2,5)3-6;1-2/h2-10,20-21H,11H2,1H3,(H,22,23);3H,5H2,1-2H3;1-2H3. The molecule has 0 radical (unpaired) electrons. The maximum Gasteiger partial charge on any atom is 0.257 e. The molecule has 6 nitrogen and oxygen atoms in total. The van der Waals surface area contributed by atoms with Gasteiger partial charge < -0.3 is 25.8 Å². The first-order chi connectivity index (χ1) is 14.8. The van der Waals surface area contributed by atoms with Gasteiger partial charge >= 0.3 is 0 Å². The Balaban J connectivity index is 0.000000372. The van der Waals surface area contributed by atoms with E-state index < -0.39 is 5.54 Å². The number of nitrogens with two attached hydrogens (primary N) is 1. The first-order valence-corrected chi connectivity index (χ1v) is 10.4. The second-order valence-electron chi connectivity index (χ2n) is 7.67. The zero-order valence-corrected chi connectivity index (χ0v) is 18.9. The summed E-state index contributed by atoms with van der Waals surface area (Å²) < 4.78 is 0. The van der Waals surface area contributed by atoms with Gasteiger partial charge in [0.25, 0.3) is 5.56 Å². The number of para-hydroxylation sites is 1. The molecule has 0 fully saturated rings. The van der Waals surface area contributed by atoms with Crippen molar-refractivity contribution in [3.63, 3.8) is 0 Å². The molecule has 4 rings (SSSR count). The molecule has 4 aromatic rings. The van der Waals surface area contributed by atoms with Gasteiger partial charge in [0.2, 0.25) is 0 Å². The molecule has 31 heavy (non-hydrogen) atoms. The van der Waals surface area contributed by atoms with Crippen molar-refractivity contribution in [1.29, 1.82) is 0 Å². The number of aromatic amines is 2. The Hall–Kier alpha value is -3.22. The minimum atomic E-state index is -0.639. The second-order valence-corrected chi connectivity index (χ2v) is 7.67. The summed E-state index contributed by atoms with van der Waals surface area (Å²) in [5, 5.41) is 5.29. The summed E-state index contributed by atoms with van der Waals surface area (Å²) in [6, 6.07) is 18.1. The molecule has 0 aliphatic carbocycles. The number of carbonyl (C=O) groups excluding carboxylic acids is 1. The van der Waals surface area contributed by atoms with Crippen molar-refractivity contribution in [2.75, 3.05) is 7.05 Å². The van der Waals surface area contributed by atoms with Gasteiger partial charge in [-0.2, -0.15) is 0 Å². The van der Waals surface area contributed by atoms with Crippen molar-refractivity contribution in [1.82, 2.24) is 15.3 Å². The topological polar surface area (TPSA) is 104 Å². The van der Waals surface area contributed by atoms with Crippen LogP contribution in [0.5, 0.6) is 0 Å². The number of aldehydes is 1. The molecular weight excluding hydrogens is 388 g/mol. The van der Waals surface area contributed by atoms with E-state index in [1.165, 1.54) is 5.56 Å². The summed E-state index contributed by atoms with van der Waals surface area (Å²) in [7, 11) is 1.93.